The van der Waals surface area contributed by atoms with E-state index in [1.807, 2.05) is 0 Å². The zero-order valence-electron chi connectivity index (χ0n) is 10.6. The fourth-order valence-corrected chi connectivity index (χ4v) is 2.42. The van der Waals surface area contributed by atoms with E-state index < -0.39 is 0 Å². The van der Waals surface area contributed by atoms with E-state index in [-0.39, 0.29) is 5.97 Å². The summed E-state index contributed by atoms with van der Waals surface area (Å²) in [6, 6.07) is 6.92. The van der Waals surface area contributed by atoms with Crippen LogP contribution in [0.2, 0.25) is 0 Å². The summed E-state index contributed by atoms with van der Waals surface area (Å²) >= 11 is 0. The number of hydroxylamine groups is 1. The standard InChI is InChI=1S/C14H19NO2/c1-9-4-5-14(10(2)6-9)12-7-13(8-12)15-17-11(3)16/h4-6,12-13,15H,7-8H2,1-3H3. The molecule has 0 aromatic heterocycles. The molecule has 0 saturated heterocycles. The van der Waals surface area contributed by atoms with Gasteiger partial charge in [-0.05, 0) is 43.7 Å². The molecule has 0 spiro atoms. The minimum Gasteiger partial charge on any atom is -0.371 e. The van der Waals surface area contributed by atoms with Crippen molar-refractivity contribution in [3.05, 3.63) is 34.9 Å². The summed E-state index contributed by atoms with van der Waals surface area (Å²) in [5.41, 5.74) is 6.89. The third-order valence-corrected chi connectivity index (χ3v) is 3.37. The highest BCUT2D eigenvalue weighted by Crippen LogP contribution is 2.38. The van der Waals surface area contributed by atoms with E-state index in [4.69, 9.17) is 4.84 Å². The minimum atomic E-state index is -0.278. The molecule has 0 amide bonds. The first-order valence-electron chi connectivity index (χ1n) is 6.06. The molecule has 0 heterocycles. The van der Waals surface area contributed by atoms with E-state index in [2.05, 4.69) is 37.5 Å². The van der Waals surface area contributed by atoms with E-state index in [1.54, 1.807) is 0 Å². The first-order chi connectivity index (χ1) is 8.06. The highest BCUT2D eigenvalue weighted by molar-refractivity contribution is 5.65. The molecule has 92 valence electrons. The van der Waals surface area contributed by atoms with Gasteiger partial charge in [0.05, 0.1) is 0 Å². The van der Waals surface area contributed by atoms with Crippen molar-refractivity contribution in [2.24, 2.45) is 0 Å². The molecule has 0 radical (unpaired) electrons. The summed E-state index contributed by atoms with van der Waals surface area (Å²) in [7, 11) is 0. The Morgan fingerprint density at radius 1 is 1.35 bits per heavy atom. The van der Waals surface area contributed by atoms with Crippen LogP contribution in [0.15, 0.2) is 18.2 Å². The maximum absolute atomic E-state index is 10.6. The Balaban J connectivity index is 1.88. The first-order valence-corrected chi connectivity index (χ1v) is 6.06. The monoisotopic (exact) mass is 233 g/mol. The molecular formula is C14H19NO2. The van der Waals surface area contributed by atoms with Crippen molar-refractivity contribution >= 4 is 5.97 Å². The van der Waals surface area contributed by atoms with Crippen LogP contribution in [0.5, 0.6) is 0 Å². The lowest BCUT2D eigenvalue weighted by atomic mass is 9.75. The SMILES string of the molecule is CC(=O)ONC1CC(c2ccc(C)cc2C)C1. The molecule has 3 heteroatoms. The number of nitrogens with one attached hydrogen (secondary N) is 1. The molecule has 1 N–H and O–H groups in total. The third-order valence-electron chi connectivity index (χ3n) is 3.37. The van der Waals surface area contributed by atoms with Crippen LogP contribution in [0.4, 0.5) is 0 Å². The van der Waals surface area contributed by atoms with Crippen molar-refractivity contribution in [3.63, 3.8) is 0 Å². The lowest BCUT2D eigenvalue weighted by Gasteiger charge is -2.36. The Bertz CT molecular complexity index is 422. The van der Waals surface area contributed by atoms with Gasteiger partial charge in [-0.3, -0.25) is 4.79 Å². The molecule has 0 atom stereocenters. The summed E-state index contributed by atoms with van der Waals surface area (Å²) in [6.45, 7) is 5.69. The van der Waals surface area contributed by atoms with Crippen molar-refractivity contribution in [3.8, 4) is 0 Å². The molecule has 1 fully saturated rings. The summed E-state index contributed by atoms with van der Waals surface area (Å²) < 4.78 is 0. The third kappa shape index (κ3) is 2.86. The van der Waals surface area contributed by atoms with Gasteiger partial charge >= 0.3 is 5.97 Å². The van der Waals surface area contributed by atoms with E-state index in [1.165, 1.54) is 23.6 Å². The predicted molar refractivity (Wildman–Crippen MR) is 66.6 cm³/mol. The van der Waals surface area contributed by atoms with Gasteiger partial charge in [-0.25, -0.2) is 0 Å². The molecule has 0 bridgehead atoms. The van der Waals surface area contributed by atoms with Crippen LogP contribution in [0.1, 0.15) is 42.4 Å². The average molecular weight is 233 g/mol. The van der Waals surface area contributed by atoms with Crippen LogP contribution >= 0.6 is 0 Å². The summed E-state index contributed by atoms with van der Waals surface area (Å²) in [5, 5.41) is 0. The number of aryl methyl sites for hydroxylation is 2. The van der Waals surface area contributed by atoms with Gasteiger partial charge in [0.25, 0.3) is 0 Å². The molecular weight excluding hydrogens is 214 g/mol. The Labute approximate surface area is 102 Å². The molecule has 17 heavy (non-hydrogen) atoms. The number of hydrogen-bond donors (Lipinski definition) is 1. The molecule has 0 unspecified atom stereocenters. The molecule has 1 aromatic carbocycles. The quantitative estimate of drug-likeness (QED) is 0.816. The second-order valence-electron chi connectivity index (χ2n) is 4.94. The van der Waals surface area contributed by atoms with Crippen molar-refractivity contribution in [2.45, 2.75) is 45.6 Å². The van der Waals surface area contributed by atoms with Gasteiger partial charge in [0.2, 0.25) is 0 Å². The van der Waals surface area contributed by atoms with Gasteiger partial charge in [0.1, 0.15) is 0 Å². The van der Waals surface area contributed by atoms with Gasteiger partial charge < -0.3 is 4.84 Å². The zero-order valence-corrected chi connectivity index (χ0v) is 10.6. The normalized spacial score (nSPS) is 23.0. The van der Waals surface area contributed by atoms with E-state index in [0.29, 0.717) is 12.0 Å². The van der Waals surface area contributed by atoms with Gasteiger partial charge in [0.15, 0.2) is 0 Å². The maximum atomic E-state index is 10.6. The average Bonchev–Trinajstić information content (AvgIpc) is 2.17. The lowest BCUT2D eigenvalue weighted by Crippen LogP contribution is -2.41. The molecule has 3 nitrogen and oxygen atoms in total. The van der Waals surface area contributed by atoms with Gasteiger partial charge in [-0.1, -0.05) is 23.8 Å². The van der Waals surface area contributed by atoms with Crippen LogP contribution in [-0.4, -0.2) is 12.0 Å². The van der Waals surface area contributed by atoms with Crippen LogP contribution in [0.3, 0.4) is 0 Å². The molecule has 2 rings (SSSR count). The number of hydrogen-bond acceptors (Lipinski definition) is 3. The molecule has 1 aromatic rings. The van der Waals surface area contributed by atoms with E-state index in [9.17, 15) is 4.79 Å². The fourth-order valence-electron chi connectivity index (χ4n) is 2.42. The highest BCUT2D eigenvalue weighted by atomic mass is 16.7. The smallest absolute Gasteiger partial charge is 0.321 e. The van der Waals surface area contributed by atoms with Crippen LogP contribution < -0.4 is 5.48 Å². The lowest BCUT2D eigenvalue weighted by molar-refractivity contribution is -0.151. The highest BCUT2D eigenvalue weighted by Gasteiger charge is 2.31. The second-order valence-corrected chi connectivity index (χ2v) is 4.94. The van der Waals surface area contributed by atoms with Crippen molar-refractivity contribution in [1.29, 1.82) is 0 Å². The van der Waals surface area contributed by atoms with Gasteiger partial charge in [0, 0.05) is 13.0 Å². The Hall–Kier alpha value is -1.35. The zero-order chi connectivity index (χ0) is 12.4. The largest absolute Gasteiger partial charge is 0.371 e. The van der Waals surface area contributed by atoms with Crippen LogP contribution in [-0.2, 0) is 9.63 Å². The van der Waals surface area contributed by atoms with E-state index >= 15 is 0 Å². The van der Waals surface area contributed by atoms with Gasteiger partial charge in [-0.2, -0.15) is 5.48 Å². The first kappa shape index (κ1) is 12.1. The molecule has 1 aliphatic rings. The topological polar surface area (TPSA) is 38.3 Å². The van der Waals surface area contributed by atoms with Crippen molar-refractivity contribution in [1.82, 2.24) is 5.48 Å². The molecule has 0 aliphatic heterocycles. The predicted octanol–water partition coefficient (Wildman–Crippen LogP) is 2.62. The summed E-state index contributed by atoms with van der Waals surface area (Å²) in [4.78, 5) is 15.4. The molecule has 1 saturated carbocycles. The van der Waals surface area contributed by atoms with Gasteiger partial charge in [-0.15, -0.1) is 0 Å². The summed E-state index contributed by atoms with van der Waals surface area (Å²) in [6.07, 6.45) is 2.08. The van der Waals surface area contributed by atoms with E-state index in [0.717, 1.165) is 12.8 Å². The number of benzene rings is 1. The van der Waals surface area contributed by atoms with Crippen LogP contribution in [0, 0.1) is 13.8 Å². The minimum absolute atomic E-state index is 0.278. The second kappa shape index (κ2) is 4.88. The Morgan fingerprint density at radius 3 is 2.65 bits per heavy atom. The maximum Gasteiger partial charge on any atom is 0.321 e. The fraction of sp³-hybridized carbons (Fsp3) is 0.500. The van der Waals surface area contributed by atoms with Crippen LogP contribution in [0.25, 0.3) is 0 Å². The molecule has 1 aliphatic carbocycles. The van der Waals surface area contributed by atoms with Crippen molar-refractivity contribution < 1.29 is 9.63 Å². The Kier molecular flexibility index (Phi) is 3.48. The number of carbonyl (C=O) groups is 1. The number of carbonyl (C=O) groups excluding carboxylic acids is 1. The number of rotatable bonds is 3. The summed E-state index contributed by atoms with van der Waals surface area (Å²) in [5.74, 6) is 0.323. The Morgan fingerprint density at radius 2 is 2.06 bits per heavy atom. The van der Waals surface area contributed by atoms with Crippen molar-refractivity contribution in [2.75, 3.05) is 0 Å².